The van der Waals surface area contributed by atoms with Crippen LogP contribution in [0.25, 0.3) is 0 Å². The number of likely N-dealkylation sites (tertiary alicyclic amines) is 1. The van der Waals surface area contributed by atoms with Crippen molar-refractivity contribution >= 4 is 51.2 Å². The highest BCUT2D eigenvalue weighted by molar-refractivity contribution is 7.99. The number of benzene rings is 1. The molecule has 1 saturated carbocycles. The van der Waals surface area contributed by atoms with E-state index in [-0.39, 0.29) is 42.2 Å². The van der Waals surface area contributed by atoms with Crippen LogP contribution in [0.2, 0.25) is 0 Å². The predicted octanol–water partition coefficient (Wildman–Crippen LogP) is 0.761. The van der Waals surface area contributed by atoms with Gasteiger partial charge in [-0.15, -0.1) is 5.10 Å². The van der Waals surface area contributed by atoms with E-state index in [0.29, 0.717) is 23.6 Å². The van der Waals surface area contributed by atoms with E-state index < -0.39 is 68.7 Å². The van der Waals surface area contributed by atoms with Gasteiger partial charge in [-0.1, -0.05) is 37.3 Å². The van der Waals surface area contributed by atoms with Gasteiger partial charge in [0.2, 0.25) is 27.6 Å². The first kappa shape index (κ1) is 39.3. The number of nitrogens with two attached hydrogens (primary N) is 1. The SMILES string of the molecule is CNS(=O)(=O)c1ccc(C(=O)NC(CC2CCCCC2)C(=O)N2C[C@@H](n3nncc3C(C)(C)O)C[C@H]2C(=O)NC2(C(=O)C(N)=O)CCSCC2)cc1. The molecule has 0 spiro atoms. The van der Waals surface area contributed by atoms with Crippen LogP contribution in [0.15, 0.2) is 35.4 Å². The summed E-state index contributed by atoms with van der Waals surface area (Å²) in [5.41, 5.74) is 3.07. The topological polar surface area (TPSA) is 236 Å². The summed E-state index contributed by atoms with van der Waals surface area (Å²) >= 11 is 1.59. The number of rotatable bonds is 13. The van der Waals surface area contributed by atoms with E-state index in [1.54, 1.807) is 25.6 Å². The second kappa shape index (κ2) is 16.0. The number of nitrogens with zero attached hydrogens (tertiary/aromatic N) is 4. The molecule has 52 heavy (non-hydrogen) atoms. The third kappa shape index (κ3) is 8.66. The van der Waals surface area contributed by atoms with Gasteiger partial charge in [0.1, 0.15) is 23.2 Å². The molecular weight excluding hydrogens is 713 g/mol. The third-order valence-electron chi connectivity index (χ3n) is 10.4. The van der Waals surface area contributed by atoms with Crippen molar-refractivity contribution in [2.75, 3.05) is 25.1 Å². The smallest absolute Gasteiger partial charge is 0.287 e. The van der Waals surface area contributed by atoms with Gasteiger partial charge in [0.25, 0.3) is 11.8 Å². The van der Waals surface area contributed by atoms with Gasteiger partial charge in [-0.25, -0.2) is 17.8 Å². The second-order valence-corrected chi connectivity index (χ2v) is 17.5. The molecule has 1 aliphatic carbocycles. The fourth-order valence-electron chi connectivity index (χ4n) is 7.44. The van der Waals surface area contributed by atoms with Crippen molar-refractivity contribution in [3.63, 3.8) is 0 Å². The van der Waals surface area contributed by atoms with E-state index in [2.05, 4.69) is 25.7 Å². The molecule has 1 aromatic carbocycles. The lowest BCUT2D eigenvalue weighted by Crippen LogP contribution is -2.63. The molecule has 2 aromatic rings. The van der Waals surface area contributed by atoms with Crippen molar-refractivity contribution in [3.05, 3.63) is 41.7 Å². The summed E-state index contributed by atoms with van der Waals surface area (Å²) in [5, 5.41) is 24.7. The van der Waals surface area contributed by atoms with Gasteiger partial charge in [-0.05, 0) is 81.8 Å². The summed E-state index contributed by atoms with van der Waals surface area (Å²) in [4.78, 5) is 69.3. The molecule has 4 amide bonds. The minimum absolute atomic E-state index is 0.0242. The molecule has 284 valence electrons. The van der Waals surface area contributed by atoms with Crippen molar-refractivity contribution in [1.29, 1.82) is 0 Å². The van der Waals surface area contributed by atoms with E-state index in [1.165, 1.54) is 47.1 Å². The summed E-state index contributed by atoms with van der Waals surface area (Å²) in [6.07, 6.45) is 6.93. The van der Waals surface area contributed by atoms with Crippen LogP contribution in [-0.2, 0) is 34.8 Å². The maximum Gasteiger partial charge on any atom is 0.287 e. The van der Waals surface area contributed by atoms with Crippen LogP contribution >= 0.6 is 11.8 Å². The molecule has 3 heterocycles. The number of hydrogen-bond acceptors (Lipinski definition) is 11. The van der Waals surface area contributed by atoms with Gasteiger partial charge in [0, 0.05) is 18.5 Å². The van der Waals surface area contributed by atoms with Crippen molar-refractivity contribution in [2.24, 2.45) is 11.7 Å². The Balaban J connectivity index is 1.48. The van der Waals surface area contributed by atoms with E-state index in [0.717, 1.165) is 32.1 Å². The zero-order chi connectivity index (χ0) is 37.8. The number of thioether (sulfide) groups is 1. The van der Waals surface area contributed by atoms with Crippen molar-refractivity contribution in [3.8, 4) is 0 Å². The number of hydrogen-bond donors (Lipinski definition) is 5. The summed E-state index contributed by atoms with van der Waals surface area (Å²) in [5.74, 6) is -2.66. The maximum absolute atomic E-state index is 14.7. The number of sulfonamides is 1. The number of carbonyl (C=O) groups is 5. The minimum Gasteiger partial charge on any atom is -0.384 e. The Kier molecular flexibility index (Phi) is 12.1. The highest BCUT2D eigenvalue weighted by Crippen LogP contribution is 2.35. The number of Topliss-reactive ketones (excluding diaryl/α,β-unsaturated/α-hetero) is 1. The normalized spacial score (nSPS) is 21.7. The van der Waals surface area contributed by atoms with Gasteiger partial charge in [-0.3, -0.25) is 24.0 Å². The first-order valence-electron chi connectivity index (χ1n) is 17.6. The Labute approximate surface area is 307 Å². The molecule has 1 unspecified atom stereocenters. The van der Waals surface area contributed by atoms with Gasteiger partial charge < -0.3 is 26.4 Å². The second-order valence-electron chi connectivity index (χ2n) is 14.4. The predicted molar refractivity (Wildman–Crippen MR) is 191 cm³/mol. The highest BCUT2D eigenvalue weighted by Gasteiger charge is 2.49. The average molecular weight is 761 g/mol. The van der Waals surface area contributed by atoms with E-state index in [1.807, 2.05) is 0 Å². The van der Waals surface area contributed by atoms with Crippen LogP contribution in [-0.4, -0.2) is 106 Å². The van der Waals surface area contributed by atoms with Crippen molar-refractivity contribution < 1.29 is 37.5 Å². The van der Waals surface area contributed by atoms with Gasteiger partial charge >= 0.3 is 0 Å². The Hall–Kier alpha value is -3.87. The molecule has 0 bridgehead atoms. The monoisotopic (exact) mass is 760 g/mol. The number of primary amides is 1. The van der Waals surface area contributed by atoms with Crippen LogP contribution in [0.4, 0.5) is 0 Å². The van der Waals surface area contributed by atoms with Crippen LogP contribution in [0.1, 0.15) is 93.7 Å². The molecule has 6 N–H and O–H groups in total. The van der Waals surface area contributed by atoms with Crippen molar-refractivity contribution in [2.45, 2.75) is 106 Å². The standard InChI is InChI=1S/C34H48N8O8S2/c1-33(2,48)27-19-37-40-42(27)23-18-26(31(46)39-34(28(43)29(35)44)13-15-51-16-14-34)41(20-23)32(47)25(17-21-7-5-4-6-8-21)38-30(45)22-9-11-24(12-10-22)52(49,50)36-3/h9-12,19,21,23,25-26,36,48H,4-8,13-18,20H2,1-3H3,(H2,35,44)(H,38,45)(H,39,46)/t23-,25?,26-/m0/s1. The largest absolute Gasteiger partial charge is 0.384 e. The summed E-state index contributed by atoms with van der Waals surface area (Å²) in [7, 11) is -2.46. The zero-order valence-electron chi connectivity index (χ0n) is 29.7. The molecule has 3 fully saturated rings. The Morgan fingerprint density at radius 1 is 1.08 bits per heavy atom. The van der Waals surface area contributed by atoms with Gasteiger partial charge in [0.05, 0.1) is 22.8 Å². The van der Waals surface area contributed by atoms with Crippen LogP contribution in [0.5, 0.6) is 0 Å². The number of amides is 4. The lowest BCUT2D eigenvalue weighted by Gasteiger charge is -2.37. The molecular formula is C34H48N8O8S2. The van der Waals surface area contributed by atoms with Crippen LogP contribution in [0.3, 0.4) is 0 Å². The van der Waals surface area contributed by atoms with Crippen molar-refractivity contribution in [1.82, 2.24) is 35.2 Å². The fraction of sp³-hybridized carbons (Fsp3) is 0.618. The molecule has 1 aromatic heterocycles. The summed E-state index contributed by atoms with van der Waals surface area (Å²) in [6.45, 7) is 3.12. The Bertz CT molecular complexity index is 1760. The maximum atomic E-state index is 14.7. The van der Waals surface area contributed by atoms with Crippen LogP contribution in [0, 0.1) is 5.92 Å². The average Bonchev–Trinajstić information content (AvgIpc) is 3.80. The number of carbonyl (C=O) groups excluding carboxylic acids is 5. The number of aromatic nitrogens is 3. The van der Waals surface area contributed by atoms with Gasteiger partial charge in [-0.2, -0.15) is 11.8 Å². The molecule has 3 aliphatic rings. The Morgan fingerprint density at radius 3 is 2.33 bits per heavy atom. The van der Waals surface area contributed by atoms with E-state index in [9.17, 15) is 37.5 Å². The fourth-order valence-corrected chi connectivity index (χ4v) is 9.36. The quantitative estimate of drug-likeness (QED) is 0.179. The van der Waals surface area contributed by atoms with E-state index in [4.69, 9.17) is 5.73 Å². The number of aliphatic hydroxyl groups is 1. The third-order valence-corrected chi connectivity index (χ3v) is 12.8. The Morgan fingerprint density at radius 2 is 1.73 bits per heavy atom. The zero-order valence-corrected chi connectivity index (χ0v) is 31.3. The number of nitrogens with one attached hydrogen (secondary N) is 3. The molecule has 16 nitrogen and oxygen atoms in total. The van der Waals surface area contributed by atoms with E-state index >= 15 is 0 Å². The molecule has 2 saturated heterocycles. The highest BCUT2D eigenvalue weighted by atomic mass is 32.2. The van der Waals surface area contributed by atoms with Gasteiger partial charge in [0.15, 0.2) is 0 Å². The summed E-state index contributed by atoms with van der Waals surface area (Å²) in [6, 6.07) is 2.53. The molecule has 18 heteroatoms. The number of ketones is 1. The molecule has 2 aliphatic heterocycles. The molecule has 3 atom stereocenters. The lowest BCUT2D eigenvalue weighted by molar-refractivity contribution is -0.145. The van der Waals surface area contributed by atoms with Crippen LogP contribution < -0.4 is 21.1 Å². The first-order chi connectivity index (χ1) is 24.6. The first-order valence-corrected chi connectivity index (χ1v) is 20.2. The summed E-state index contributed by atoms with van der Waals surface area (Å²) < 4.78 is 28.2. The molecule has 5 rings (SSSR count). The molecule has 0 radical (unpaired) electrons. The lowest BCUT2D eigenvalue weighted by atomic mass is 9.84. The minimum atomic E-state index is -3.74.